The van der Waals surface area contributed by atoms with Gasteiger partial charge in [-0.05, 0) is 49.6 Å². The zero-order valence-electron chi connectivity index (χ0n) is 13.6. The molecule has 0 bridgehead atoms. The van der Waals surface area contributed by atoms with Gasteiger partial charge in [0.2, 0.25) is 5.91 Å². The Balaban J connectivity index is 1.92. The summed E-state index contributed by atoms with van der Waals surface area (Å²) < 4.78 is 0. The second kappa shape index (κ2) is 8.31. The highest BCUT2D eigenvalue weighted by atomic mass is 35.5. The standard InChI is InChI=1S/C17H24ClN3O2/c1-11(2)15(17(23)20-10-14-4-3-9-19-14)21-16(22)12-5-7-13(18)8-6-12/h5-8,11,14-15,19H,3-4,9-10H2,1-2H3,(H,20,23)(H,21,22). The summed E-state index contributed by atoms with van der Waals surface area (Å²) in [6.07, 6.45) is 2.21. The van der Waals surface area contributed by atoms with Crippen molar-refractivity contribution in [2.45, 2.75) is 38.8 Å². The van der Waals surface area contributed by atoms with E-state index in [4.69, 9.17) is 11.6 Å². The molecule has 126 valence electrons. The minimum Gasteiger partial charge on any atom is -0.353 e. The van der Waals surface area contributed by atoms with Crippen molar-refractivity contribution in [2.75, 3.05) is 13.1 Å². The van der Waals surface area contributed by atoms with Gasteiger partial charge in [0.05, 0.1) is 0 Å². The monoisotopic (exact) mass is 337 g/mol. The van der Waals surface area contributed by atoms with Gasteiger partial charge < -0.3 is 16.0 Å². The van der Waals surface area contributed by atoms with Crippen LogP contribution in [0.25, 0.3) is 0 Å². The number of amides is 2. The SMILES string of the molecule is CC(C)C(NC(=O)c1ccc(Cl)cc1)C(=O)NCC1CCCN1. The van der Waals surface area contributed by atoms with Gasteiger partial charge in [-0.15, -0.1) is 0 Å². The molecule has 2 amide bonds. The fraction of sp³-hybridized carbons (Fsp3) is 0.529. The first kappa shape index (κ1) is 17.8. The van der Waals surface area contributed by atoms with Crippen molar-refractivity contribution in [1.29, 1.82) is 0 Å². The van der Waals surface area contributed by atoms with Gasteiger partial charge in [-0.3, -0.25) is 9.59 Å². The summed E-state index contributed by atoms with van der Waals surface area (Å²) in [6.45, 7) is 5.43. The number of nitrogens with one attached hydrogen (secondary N) is 3. The molecule has 1 fully saturated rings. The van der Waals surface area contributed by atoms with Gasteiger partial charge in [0.15, 0.2) is 0 Å². The van der Waals surface area contributed by atoms with Crippen LogP contribution in [0.3, 0.4) is 0 Å². The summed E-state index contributed by atoms with van der Waals surface area (Å²) >= 11 is 5.82. The van der Waals surface area contributed by atoms with Gasteiger partial charge in [0.25, 0.3) is 5.91 Å². The average molecular weight is 338 g/mol. The summed E-state index contributed by atoms with van der Waals surface area (Å²) in [7, 11) is 0. The minimum absolute atomic E-state index is 0.00258. The number of rotatable bonds is 6. The van der Waals surface area contributed by atoms with E-state index in [1.54, 1.807) is 24.3 Å². The van der Waals surface area contributed by atoms with Crippen molar-refractivity contribution in [3.05, 3.63) is 34.9 Å². The molecule has 23 heavy (non-hydrogen) atoms. The fourth-order valence-corrected chi connectivity index (χ4v) is 2.75. The quantitative estimate of drug-likeness (QED) is 0.743. The molecular weight excluding hydrogens is 314 g/mol. The molecule has 0 aliphatic carbocycles. The van der Waals surface area contributed by atoms with E-state index in [1.807, 2.05) is 13.8 Å². The van der Waals surface area contributed by atoms with Crippen LogP contribution in [-0.2, 0) is 4.79 Å². The molecule has 5 nitrogen and oxygen atoms in total. The van der Waals surface area contributed by atoms with E-state index >= 15 is 0 Å². The Bertz CT molecular complexity index is 539. The predicted molar refractivity (Wildman–Crippen MR) is 91.6 cm³/mol. The largest absolute Gasteiger partial charge is 0.353 e. The van der Waals surface area contributed by atoms with Crippen LogP contribution in [-0.4, -0.2) is 37.0 Å². The summed E-state index contributed by atoms with van der Waals surface area (Å²) in [5, 5.41) is 9.66. The Hall–Kier alpha value is -1.59. The Morgan fingerprint density at radius 2 is 2.00 bits per heavy atom. The number of hydrogen-bond acceptors (Lipinski definition) is 3. The van der Waals surface area contributed by atoms with Crippen molar-refractivity contribution >= 4 is 23.4 Å². The van der Waals surface area contributed by atoms with Crippen LogP contribution in [0, 0.1) is 5.92 Å². The number of halogens is 1. The number of carbonyl (C=O) groups is 2. The van der Waals surface area contributed by atoms with Crippen LogP contribution < -0.4 is 16.0 Å². The normalized spacial score (nSPS) is 18.7. The molecule has 2 rings (SSSR count). The molecule has 1 aromatic carbocycles. The minimum atomic E-state index is -0.556. The van der Waals surface area contributed by atoms with Gasteiger partial charge in [-0.1, -0.05) is 25.4 Å². The topological polar surface area (TPSA) is 70.2 Å². The van der Waals surface area contributed by atoms with Gasteiger partial charge >= 0.3 is 0 Å². The Morgan fingerprint density at radius 1 is 1.30 bits per heavy atom. The van der Waals surface area contributed by atoms with E-state index in [2.05, 4.69) is 16.0 Å². The Kier molecular flexibility index (Phi) is 6.42. The maximum atomic E-state index is 12.4. The van der Waals surface area contributed by atoms with E-state index in [0.29, 0.717) is 23.2 Å². The van der Waals surface area contributed by atoms with Crippen LogP contribution in [0.15, 0.2) is 24.3 Å². The number of benzene rings is 1. The Labute approximate surface area is 142 Å². The second-order valence-electron chi connectivity index (χ2n) is 6.24. The van der Waals surface area contributed by atoms with Crippen LogP contribution in [0.2, 0.25) is 5.02 Å². The lowest BCUT2D eigenvalue weighted by molar-refractivity contribution is -0.124. The third-order valence-corrected chi connectivity index (χ3v) is 4.28. The highest BCUT2D eigenvalue weighted by molar-refractivity contribution is 6.30. The molecule has 1 saturated heterocycles. The molecule has 2 unspecified atom stereocenters. The summed E-state index contributed by atoms with van der Waals surface area (Å²) in [5.74, 6) is -0.409. The molecule has 0 radical (unpaired) electrons. The molecule has 1 aliphatic rings. The van der Waals surface area contributed by atoms with Crippen LogP contribution in [0.1, 0.15) is 37.0 Å². The lowest BCUT2D eigenvalue weighted by Gasteiger charge is -2.23. The first-order valence-electron chi connectivity index (χ1n) is 8.05. The summed E-state index contributed by atoms with van der Waals surface area (Å²) in [5.41, 5.74) is 0.491. The van der Waals surface area contributed by atoms with Gasteiger partial charge in [-0.2, -0.15) is 0 Å². The highest BCUT2D eigenvalue weighted by Gasteiger charge is 2.25. The van der Waals surface area contributed by atoms with E-state index < -0.39 is 6.04 Å². The van der Waals surface area contributed by atoms with E-state index in [9.17, 15) is 9.59 Å². The van der Waals surface area contributed by atoms with Gasteiger partial charge in [-0.25, -0.2) is 0 Å². The maximum absolute atomic E-state index is 12.4. The second-order valence-corrected chi connectivity index (χ2v) is 6.68. The van der Waals surface area contributed by atoms with Crippen molar-refractivity contribution in [2.24, 2.45) is 5.92 Å². The molecule has 1 aliphatic heterocycles. The lowest BCUT2D eigenvalue weighted by atomic mass is 10.0. The lowest BCUT2D eigenvalue weighted by Crippen LogP contribution is -2.51. The van der Waals surface area contributed by atoms with Crippen LogP contribution in [0.4, 0.5) is 0 Å². The van der Waals surface area contributed by atoms with Crippen molar-refractivity contribution in [1.82, 2.24) is 16.0 Å². The Morgan fingerprint density at radius 3 is 2.57 bits per heavy atom. The molecule has 1 aromatic rings. The smallest absolute Gasteiger partial charge is 0.251 e. The molecule has 0 spiro atoms. The van der Waals surface area contributed by atoms with E-state index in [0.717, 1.165) is 19.4 Å². The first-order valence-corrected chi connectivity index (χ1v) is 8.42. The fourth-order valence-electron chi connectivity index (χ4n) is 2.63. The molecule has 2 atom stereocenters. The molecular formula is C17H24ClN3O2. The van der Waals surface area contributed by atoms with Crippen molar-refractivity contribution in [3.8, 4) is 0 Å². The zero-order valence-corrected chi connectivity index (χ0v) is 14.3. The molecule has 3 N–H and O–H groups in total. The number of carbonyl (C=O) groups excluding carboxylic acids is 2. The molecule has 6 heteroatoms. The van der Waals surface area contributed by atoms with E-state index in [-0.39, 0.29) is 17.7 Å². The van der Waals surface area contributed by atoms with Crippen LogP contribution in [0.5, 0.6) is 0 Å². The predicted octanol–water partition coefficient (Wildman–Crippen LogP) is 1.96. The highest BCUT2D eigenvalue weighted by Crippen LogP contribution is 2.11. The van der Waals surface area contributed by atoms with Gasteiger partial charge in [0, 0.05) is 23.2 Å². The van der Waals surface area contributed by atoms with Crippen LogP contribution >= 0.6 is 11.6 Å². The van der Waals surface area contributed by atoms with Crippen molar-refractivity contribution < 1.29 is 9.59 Å². The third kappa shape index (κ3) is 5.22. The molecule has 0 aromatic heterocycles. The van der Waals surface area contributed by atoms with E-state index in [1.165, 1.54) is 0 Å². The van der Waals surface area contributed by atoms with Crippen molar-refractivity contribution in [3.63, 3.8) is 0 Å². The van der Waals surface area contributed by atoms with Gasteiger partial charge in [0.1, 0.15) is 6.04 Å². The molecule has 1 heterocycles. The zero-order chi connectivity index (χ0) is 16.8. The molecule has 0 saturated carbocycles. The number of hydrogen-bond donors (Lipinski definition) is 3. The third-order valence-electron chi connectivity index (χ3n) is 4.03. The summed E-state index contributed by atoms with van der Waals surface area (Å²) in [6, 6.07) is 6.39. The summed E-state index contributed by atoms with van der Waals surface area (Å²) in [4.78, 5) is 24.7. The maximum Gasteiger partial charge on any atom is 0.251 e. The average Bonchev–Trinajstić information content (AvgIpc) is 3.03. The first-order chi connectivity index (χ1) is 11.0.